The van der Waals surface area contributed by atoms with Crippen LogP contribution in [-0.2, 0) is 16.0 Å². The van der Waals surface area contributed by atoms with Gasteiger partial charge in [-0.2, -0.15) is 0 Å². The zero-order valence-electron chi connectivity index (χ0n) is 13.4. The normalized spacial score (nSPS) is 19.3. The molecule has 0 aliphatic carbocycles. The van der Waals surface area contributed by atoms with Crippen LogP contribution in [0, 0.1) is 0 Å². The number of morpholine rings is 1. The molecule has 2 heterocycles. The molecule has 120 valence electrons. The summed E-state index contributed by atoms with van der Waals surface area (Å²) >= 11 is 0. The molecule has 4 heteroatoms. The molecular weight excluding hydrogens is 288 g/mol. The van der Waals surface area contributed by atoms with Gasteiger partial charge < -0.3 is 9.64 Å². The lowest BCUT2D eigenvalue weighted by molar-refractivity contribution is -0.139. The topological polar surface area (TPSA) is 42.4 Å². The summed E-state index contributed by atoms with van der Waals surface area (Å²) in [5.41, 5.74) is 2.19. The van der Waals surface area contributed by atoms with Crippen LogP contribution in [-0.4, -0.2) is 41.6 Å². The maximum atomic E-state index is 13.1. The lowest BCUT2D eigenvalue weighted by Crippen LogP contribution is -2.46. The molecule has 1 aliphatic heterocycles. The third kappa shape index (κ3) is 3.96. The van der Waals surface area contributed by atoms with Crippen molar-refractivity contribution in [3.8, 4) is 0 Å². The molecule has 1 aliphatic rings. The molecule has 23 heavy (non-hydrogen) atoms. The molecule has 0 radical (unpaired) electrons. The van der Waals surface area contributed by atoms with Crippen LogP contribution in [0.2, 0.25) is 0 Å². The predicted molar refractivity (Wildman–Crippen MR) is 89.1 cm³/mol. The van der Waals surface area contributed by atoms with Crippen LogP contribution in [0.3, 0.4) is 0 Å². The summed E-state index contributed by atoms with van der Waals surface area (Å²) in [7, 11) is 0. The second-order valence-corrected chi connectivity index (χ2v) is 5.99. The highest BCUT2D eigenvalue weighted by Gasteiger charge is 2.29. The van der Waals surface area contributed by atoms with Crippen molar-refractivity contribution in [2.24, 2.45) is 0 Å². The molecule has 4 nitrogen and oxygen atoms in total. The van der Waals surface area contributed by atoms with E-state index in [1.165, 1.54) is 0 Å². The molecule has 2 atom stereocenters. The van der Waals surface area contributed by atoms with Crippen molar-refractivity contribution in [1.82, 2.24) is 9.88 Å². The molecular formula is C19H22N2O2. The summed E-state index contributed by atoms with van der Waals surface area (Å²) in [6, 6.07) is 14.0. The van der Waals surface area contributed by atoms with Crippen molar-refractivity contribution in [3.63, 3.8) is 0 Å². The lowest BCUT2D eigenvalue weighted by Gasteiger charge is -2.34. The average Bonchev–Trinajstić information content (AvgIpc) is 2.61. The van der Waals surface area contributed by atoms with E-state index in [2.05, 4.69) is 4.98 Å². The molecule has 0 bridgehead atoms. The predicted octanol–water partition coefficient (Wildman–Crippen LogP) is 2.66. The zero-order chi connectivity index (χ0) is 16.1. The van der Waals surface area contributed by atoms with Gasteiger partial charge in [-0.1, -0.05) is 30.3 Å². The van der Waals surface area contributed by atoms with Gasteiger partial charge in [0.25, 0.3) is 0 Å². The number of hydrogen-bond acceptors (Lipinski definition) is 3. The van der Waals surface area contributed by atoms with Crippen LogP contribution < -0.4 is 0 Å². The number of nitrogens with zero attached hydrogens (tertiary/aromatic N) is 2. The molecule has 1 aromatic heterocycles. The minimum absolute atomic E-state index is 0.102. The summed E-state index contributed by atoms with van der Waals surface area (Å²) in [6.07, 6.45) is 4.35. The lowest BCUT2D eigenvalue weighted by atomic mass is 9.91. The Bertz CT molecular complexity index is 630. The van der Waals surface area contributed by atoms with Gasteiger partial charge in [0.15, 0.2) is 0 Å². The SMILES string of the molecule is CC1CN(C(=O)C(Cc2ccncc2)c2ccccc2)CCO1. The second kappa shape index (κ2) is 7.38. The smallest absolute Gasteiger partial charge is 0.230 e. The number of ether oxygens (including phenoxy) is 1. The highest BCUT2D eigenvalue weighted by molar-refractivity contribution is 5.84. The van der Waals surface area contributed by atoms with E-state index in [4.69, 9.17) is 4.74 Å². The number of pyridine rings is 1. The standard InChI is InChI=1S/C19H22N2O2/c1-15-14-21(11-12-23-15)19(22)18(17-5-3-2-4-6-17)13-16-7-9-20-10-8-16/h2-10,15,18H,11-14H2,1H3. The second-order valence-electron chi connectivity index (χ2n) is 5.99. The molecule has 2 unspecified atom stereocenters. The summed E-state index contributed by atoms with van der Waals surface area (Å²) in [6.45, 7) is 3.96. The Morgan fingerprint density at radius 3 is 2.70 bits per heavy atom. The van der Waals surface area contributed by atoms with Gasteiger partial charge in [0.2, 0.25) is 5.91 Å². The van der Waals surface area contributed by atoms with Crippen LogP contribution in [0.5, 0.6) is 0 Å². The number of benzene rings is 1. The molecule has 3 rings (SSSR count). The average molecular weight is 310 g/mol. The van der Waals surface area contributed by atoms with Crippen molar-refractivity contribution < 1.29 is 9.53 Å². The Balaban J connectivity index is 1.84. The van der Waals surface area contributed by atoms with Crippen molar-refractivity contribution in [2.45, 2.75) is 25.4 Å². The highest BCUT2D eigenvalue weighted by atomic mass is 16.5. The Labute approximate surface area is 137 Å². The van der Waals surface area contributed by atoms with Crippen LogP contribution in [0.25, 0.3) is 0 Å². The van der Waals surface area contributed by atoms with E-state index in [9.17, 15) is 4.79 Å². The Morgan fingerprint density at radius 1 is 1.26 bits per heavy atom. The van der Waals surface area contributed by atoms with E-state index in [-0.39, 0.29) is 17.9 Å². The Kier molecular flexibility index (Phi) is 5.03. The zero-order valence-corrected chi connectivity index (χ0v) is 13.4. The summed E-state index contributed by atoms with van der Waals surface area (Å²) in [4.78, 5) is 19.1. The molecule has 0 saturated carbocycles. The van der Waals surface area contributed by atoms with E-state index in [0.29, 0.717) is 26.1 Å². The van der Waals surface area contributed by atoms with Gasteiger partial charge in [0, 0.05) is 25.5 Å². The first-order chi connectivity index (χ1) is 11.2. The molecule has 1 saturated heterocycles. The van der Waals surface area contributed by atoms with E-state index in [1.54, 1.807) is 12.4 Å². The molecule has 2 aromatic rings. The van der Waals surface area contributed by atoms with E-state index in [0.717, 1.165) is 11.1 Å². The first-order valence-electron chi connectivity index (χ1n) is 8.08. The first kappa shape index (κ1) is 15.7. The van der Waals surface area contributed by atoms with Gasteiger partial charge in [-0.05, 0) is 36.6 Å². The molecule has 0 spiro atoms. The summed E-state index contributed by atoms with van der Waals surface area (Å²) < 4.78 is 5.56. The number of carbonyl (C=O) groups excluding carboxylic acids is 1. The third-order valence-corrected chi connectivity index (χ3v) is 4.24. The number of hydrogen-bond donors (Lipinski definition) is 0. The van der Waals surface area contributed by atoms with Crippen LogP contribution >= 0.6 is 0 Å². The van der Waals surface area contributed by atoms with E-state index in [1.807, 2.05) is 54.3 Å². The van der Waals surface area contributed by atoms with Gasteiger partial charge in [0.1, 0.15) is 0 Å². The summed E-state index contributed by atoms with van der Waals surface area (Å²) in [5.74, 6) is 0.0204. The first-order valence-corrected chi connectivity index (χ1v) is 8.08. The quantitative estimate of drug-likeness (QED) is 0.872. The van der Waals surface area contributed by atoms with Gasteiger partial charge in [0.05, 0.1) is 18.6 Å². The van der Waals surface area contributed by atoms with Gasteiger partial charge in [-0.25, -0.2) is 0 Å². The van der Waals surface area contributed by atoms with Crippen LogP contribution in [0.1, 0.15) is 24.0 Å². The van der Waals surface area contributed by atoms with Crippen molar-refractivity contribution in [1.29, 1.82) is 0 Å². The number of aromatic nitrogens is 1. The van der Waals surface area contributed by atoms with Crippen LogP contribution in [0.15, 0.2) is 54.9 Å². The maximum absolute atomic E-state index is 13.1. The molecule has 0 N–H and O–H groups in total. The molecule has 1 fully saturated rings. The summed E-state index contributed by atoms with van der Waals surface area (Å²) in [5, 5.41) is 0. The van der Waals surface area contributed by atoms with Crippen molar-refractivity contribution in [2.75, 3.05) is 19.7 Å². The number of rotatable bonds is 4. The number of carbonyl (C=O) groups is 1. The molecule has 1 aromatic carbocycles. The van der Waals surface area contributed by atoms with E-state index < -0.39 is 0 Å². The Morgan fingerprint density at radius 2 is 2.00 bits per heavy atom. The number of amides is 1. The highest BCUT2D eigenvalue weighted by Crippen LogP contribution is 2.24. The van der Waals surface area contributed by atoms with Crippen molar-refractivity contribution in [3.05, 3.63) is 66.0 Å². The van der Waals surface area contributed by atoms with E-state index >= 15 is 0 Å². The maximum Gasteiger partial charge on any atom is 0.230 e. The van der Waals surface area contributed by atoms with Gasteiger partial charge >= 0.3 is 0 Å². The fourth-order valence-electron chi connectivity index (χ4n) is 3.03. The minimum Gasteiger partial charge on any atom is -0.375 e. The fourth-order valence-corrected chi connectivity index (χ4v) is 3.03. The molecule has 1 amide bonds. The monoisotopic (exact) mass is 310 g/mol. The van der Waals surface area contributed by atoms with Gasteiger partial charge in [-0.3, -0.25) is 9.78 Å². The largest absolute Gasteiger partial charge is 0.375 e. The minimum atomic E-state index is -0.163. The Hall–Kier alpha value is -2.20. The third-order valence-electron chi connectivity index (χ3n) is 4.24. The fraction of sp³-hybridized carbons (Fsp3) is 0.368. The van der Waals surface area contributed by atoms with Gasteiger partial charge in [-0.15, -0.1) is 0 Å². The van der Waals surface area contributed by atoms with Crippen LogP contribution in [0.4, 0.5) is 0 Å². The van der Waals surface area contributed by atoms with Crippen molar-refractivity contribution >= 4 is 5.91 Å².